The van der Waals surface area contributed by atoms with Gasteiger partial charge in [-0.1, -0.05) is 30.5 Å². The number of hydrogen-bond donors (Lipinski definition) is 1. The van der Waals surface area contributed by atoms with Gasteiger partial charge in [0.15, 0.2) is 5.65 Å². The van der Waals surface area contributed by atoms with E-state index >= 15 is 0 Å². The highest BCUT2D eigenvalue weighted by molar-refractivity contribution is 6.31. The number of halogens is 1. The van der Waals surface area contributed by atoms with Crippen LogP contribution >= 0.6 is 11.6 Å². The van der Waals surface area contributed by atoms with E-state index in [1.54, 1.807) is 23.3 Å². The summed E-state index contributed by atoms with van der Waals surface area (Å²) in [6.07, 6.45) is 8.16. The molecule has 0 atom stereocenters. The van der Waals surface area contributed by atoms with Gasteiger partial charge in [-0.2, -0.15) is 5.10 Å². The van der Waals surface area contributed by atoms with Gasteiger partial charge in [-0.3, -0.25) is 4.79 Å². The zero-order chi connectivity index (χ0) is 19.5. The summed E-state index contributed by atoms with van der Waals surface area (Å²) in [7, 11) is 0. The van der Waals surface area contributed by atoms with Gasteiger partial charge in [0, 0.05) is 23.8 Å². The normalized spacial score (nSPS) is 14.9. The molecule has 7 nitrogen and oxygen atoms in total. The van der Waals surface area contributed by atoms with Crippen LogP contribution < -0.4 is 10.2 Å². The van der Waals surface area contributed by atoms with Crippen molar-refractivity contribution in [2.45, 2.75) is 39.2 Å². The lowest BCUT2D eigenvalue weighted by Gasteiger charge is -2.21. The van der Waals surface area contributed by atoms with Gasteiger partial charge in [-0.05, 0) is 37.5 Å². The quantitative estimate of drug-likeness (QED) is 0.723. The van der Waals surface area contributed by atoms with E-state index in [4.69, 9.17) is 11.6 Å². The molecule has 0 unspecified atom stereocenters. The number of aromatic nitrogens is 4. The Morgan fingerprint density at radius 2 is 1.96 bits per heavy atom. The summed E-state index contributed by atoms with van der Waals surface area (Å²) in [5, 5.41) is 8.76. The summed E-state index contributed by atoms with van der Waals surface area (Å²) in [6, 6.07) is 5.46. The summed E-state index contributed by atoms with van der Waals surface area (Å²) in [5.74, 6) is 0.726. The topological polar surface area (TPSA) is 75.9 Å². The molecule has 0 radical (unpaired) electrons. The SMILES string of the molecule is Cc1ccc(NC(=O)Cn2ncc3c(N4CCCCCC4)ncnc32)cc1Cl. The van der Waals surface area contributed by atoms with Crippen molar-refractivity contribution in [3.8, 4) is 0 Å². The molecule has 146 valence electrons. The third-order valence-electron chi connectivity index (χ3n) is 5.07. The van der Waals surface area contributed by atoms with Crippen LogP contribution in [0.1, 0.15) is 31.2 Å². The van der Waals surface area contributed by atoms with Crippen LogP contribution in [0.5, 0.6) is 0 Å². The number of fused-ring (bicyclic) bond motifs is 1. The Labute approximate surface area is 168 Å². The van der Waals surface area contributed by atoms with Crippen molar-refractivity contribution in [2.24, 2.45) is 0 Å². The van der Waals surface area contributed by atoms with Gasteiger partial charge in [-0.15, -0.1) is 0 Å². The van der Waals surface area contributed by atoms with Crippen molar-refractivity contribution in [1.29, 1.82) is 0 Å². The first-order chi connectivity index (χ1) is 13.6. The van der Waals surface area contributed by atoms with E-state index in [1.165, 1.54) is 25.7 Å². The minimum Gasteiger partial charge on any atom is -0.356 e. The third-order valence-corrected chi connectivity index (χ3v) is 5.47. The van der Waals surface area contributed by atoms with Crippen molar-refractivity contribution in [2.75, 3.05) is 23.3 Å². The average Bonchev–Trinajstić information content (AvgIpc) is 2.90. The predicted molar refractivity (Wildman–Crippen MR) is 111 cm³/mol. The first-order valence-electron chi connectivity index (χ1n) is 9.59. The molecular formula is C20H23ClN6O. The van der Waals surface area contributed by atoms with Crippen LogP contribution in [-0.4, -0.2) is 38.7 Å². The Balaban J connectivity index is 1.53. The molecule has 0 spiro atoms. The highest BCUT2D eigenvalue weighted by Crippen LogP contribution is 2.25. The van der Waals surface area contributed by atoms with Crippen LogP contribution in [0.15, 0.2) is 30.7 Å². The Kier molecular flexibility index (Phi) is 5.43. The fourth-order valence-corrected chi connectivity index (χ4v) is 3.72. The monoisotopic (exact) mass is 398 g/mol. The van der Waals surface area contributed by atoms with Crippen LogP contribution in [0.2, 0.25) is 5.02 Å². The molecule has 4 rings (SSSR count). The number of nitrogens with zero attached hydrogens (tertiary/aromatic N) is 5. The molecule has 0 saturated carbocycles. The second-order valence-electron chi connectivity index (χ2n) is 7.15. The standard InChI is InChI=1S/C20H23ClN6O/c1-14-6-7-15(10-17(14)21)25-18(28)12-27-20-16(11-24-27)19(22-13-23-20)26-8-4-2-3-5-9-26/h6-7,10-11,13H,2-5,8-9,12H2,1H3,(H,25,28). The summed E-state index contributed by atoms with van der Waals surface area (Å²) in [5.41, 5.74) is 2.30. The van der Waals surface area contributed by atoms with Crippen molar-refractivity contribution in [1.82, 2.24) is 19.7 Å². The van der Waals surface area contributed by atoms with E-state index in [9.17, 15) is 4.79 Å². The van der Waals surface area contributed by atoms with Crippen molar-refractivity contribution in [3.63, 3.8) is 0 Å². The molecule has 2 aromatic heterocycles. The van der Waals surface area contributed by atoms with E-state index in [0.717, 1.165) is 29.9 Å². The maximum atomic E-state index is 12.5. The van der Waals surface area contributed by atoms with Crippen LogP contribution in [-0.2, 0) is 11.3 Å². The first-order valence-corrected chi connectivity index (χ1v) is 9.97. The number of anilines is 2. The maximum Gasteiger partial charge on any atom is 0.246 e. The van der Waals surface area contributed by atoms with Crippen LogP contribution in [0.3, 0.4) is 0 Å². The van der Waals surface area contributed by atoms with Crippen molar-refractivity contribution >= 4 is 40.0 Å². The van der Waals surface area contributed by atoms with E-state index < -0.39 is 0 Å². The van der Waals surface area contributed by atoms with E-state index in [0.29, 0.717) is 16.4 Å². The largest absolute Gasteiger partial charge is 0.356 e. The third kappa shape index (κ3) is 3.94. The number of amides is 1. The molecule has 0 bridgehead atoms. The number of carbonyl (C=O) groups is 1. The van der Waals surface area contributed by atoms with E-state index in [2.05, 4.69) is 25.3 Å². The Morgan fingerprint density at radius 3 is 2.71 bits per heavy atom. The van der Waals surface area contributed by atoms with Gasteiger partial charge in [0.25, 0.3) is 0 Å². The molecule has 1 fully saturated rings. The van der Waals surface area contributed by atoms with Gasteiger partial charge in [0.05, 0.1) is 11.6 Å². The minimum absolute atomic E-state index is 0.0749. The Morgan fingerprint density at radius 1 is 1.18 bits per heavy atom. The second-order valence-corrected chi connectivity index (χ2v) is 7.56. The molecule has 0 aliphatic carbocycles. The van der Waals surface area contributed by atoms with Gasteiger partial charge >= 0.3 is 0 Å². The highest BCUT2D eigenvalue weighted by atomic mass is 35.5. The van der Waals surface area contributed by atoms with Crippen LogP contribution in [0, 0.1) is 6.92 Å². The van der Waals surface area contributed by atoms with Gasteiger partial charge in [-0.25, -0.2) is 14.6 Å². The predicted octanol–water partition coefficient (Wildman–Crippen LogP) is 3.81. The lowest BCUT2D eigenvalue weighted by Crippen LogP contribution is -2.25. The lowest BCUT2D eigenvalue weighted by atomic mass is 10.2. The summed E-state index contributed by atoms with van der Waals surface area (Å²) < 4.78 is 1.61. The van der Waals surface area contributed by atoms with Gasteiger partial charge < -0.3 is 10.2 Å². The summed E-state index contributed by atoms with van der Waals surface area (Å²) in [4.78, 5) is 23.7. The second kappa shape index (κ2) is 8.14. The number of rotatable bonds is 4. The molecule has 3 heterocycles. The average molecular weight is 399 g/mol. The molecule has 1 aliphatic heterocycles. The van der Waals surface area contributed by atoms with Crippen molar-refractivity contribution < 1.29 is 4.79 Å². The Hall–Kier alpha value is -2.67. The van der Waals surface area contributed by atoms with Crippen LogP contribution in [0.25, 0.3) is 11.0 Å². The molecule has 1 saturated heterocycles. The molecular weight excluding hydrogens is 376 g/mol. The molecule has 1 aromatic carbocycles. The smallest absolute Gasteiger partial charge is 0.246 e. The van der Waals surface area contributed by atoms with Gasteiger partial charge in [0.1, 0.15) is 18.7 Å². The van der Waals surface area contributed by atoms with Gasteiger partial charge in [0.2, 0.25) is 5.91 Å². The molecule has 1 N–H and O–H groups in total. The lowest BCUT2D eigenvalue weighted by molar-refractivity contribution is -0.116. The van der Waals surface area contributed by atoms with E-state index in [-0.39, 0.29) is 12.5 Å². The molecule has 1 aliphatic rings. The number of nitrogens with one attached hydrogen (secondary N) is 1. The van der Waals surface area contributed by atoms with Crippen molar-refractivity contribution in [3.05, 3.63) is 41.3 Å². The van der Waals surface area contributed by atoms with E-state index in [1.807, 2.05) is 19.1 Å². The molecule has 28 heavy (non-hydrogen) atoms. The molecule has 1 amide bonds. The fourth-order valence-electron chi connectivity index (χ4n) is 3.54. The summed E-state index contributed by atoms with van der Waals surface area (Å²) >= 11 is 6.13. The van der Waals surface area contributed by atoms with Crippen LogP contribution in [0.4, 0.5) is 11.5 Å². The number of hydrogen-bond acceptors (Lipinski definition) is 5. The highest BCUT2D eigenvalue weighted by Gasteiger charge is 2.18. The zero-order valence-corrected chi connectivity index (χ0v) is 16.6. The molecule has 8 heteroatoms. The maximum absolute atomic E-state index is 12.5. The number of benzene rings is 1. The zero-order valence-electron chi connectivity index (χ0n) is 15.9. The molecule has 3 aromatic rings. The number of carbonyl (C=O) groups excluding carboxylic acids is 1. The fraction of sp³-hybridized carbons (Fsp3) is 0.400. The Bertz CT molecular complexity index is 994. The first kappa shape index (κ1) is 18.7. The minimum atomic E-state index is -0.181. The number of aryl methyl sites for hydroxylation is 1. The summed E-state index contributed by atoms with van der Waals surface area (Å²) in [6.45, 7) is 3.98.